The molecule has 0 unspecified atom stereocenters. The molecule has 0 saturated heterocycles. The third-order valence-corrected chi connectivity index (χ3v) is 3.36. The van der Waals surface area contributed by atoms with Crippen LogP contribution < -0.4 is 5.32 Å². The lowest BCUT2D eigenvalue weighted by molar-refractivity contribution is -0.139. The van der Waals surface area contributed by atoms with E-state index >= 15 is 0 Å². The van der Waals surface area contributed by atoms with Gasteiger partial charge in [0.2, 0.25) is 0 Å². The third kappa shape index (κ3) is 3.24. The van der Waals surface area contributed by atoms with Crippen molar-refractivity contribution in [3.63, 3.8) is 0 Å². The summed E-state index contributed by atoms with van der Waals surface area (Å²) in [4.78, 5) is 23.5. The average molecular weight is 289 g/mol. The summed E-state index contributed by atoms with van der Waals surface area (Å²) in [6, 6.07) is 6.43. The van der Waals surface area contributed by atoms with E-state index in [4.69, 9.17) is 4.42 Å². The van der Waals surface area contributed by atoms with Gasteiger partial charge in [-0.05, 0) is 25.3 Å². The van der Waals surface area contributed by atoms with Crippen molar-refractivity contribution in [1.29, 1.82) is 0 Å². The quantitative estimate of drug-likeness (QED) is 0.886. The van der Waals surface area contributed by atoms with Gasteiger partial charge in [0.05, 0.1) is 0 Å². The van der Waals surface area contributed by atoms with Crippen LogP contribution in [0.5, 0.6) is 0 Å². The summed E-state index contributed by atoms with van der Waals surface area (Å²) in [5, 5.41) is 12.6. The lowest BCUT2D eigenvalue weighted by atomic mass is 10.0. The van der Waals surface area contributed by atoms with Gasteiger partial charge in [0.25, 0.3) is 5.91 Å². The molecule has 0 fully saturated rings. The highest BCUT2D eigenvalue weighted by atomic mass is 16.4. The second kappa shape index (κ2) is 5.99. The number of carbonyl (C=O) groups is 2. The van der Waals surface area contributed by atoms with Gasteiger partial charge < -0.3 is 14.8 Å². The molecule has 2 rings (SSSR count). The van der Waals surface area contributed by atoms with Crippen molar-refractivity contribution < 1.29 is 19.1 Å². The number of benzene rings is 1. The minimum atomic E-state index is -1.04. The van der Waals surface area contributed by atoms with Crippen molar-refractivity contribution in [2.75, 3.05) is 0 Å². The number of nitrogens with one attached hydrogen (secondary N) is 1. The first-order valence-electron chi connectivity index (χ1n) is 6.92. The van der Waals surface area contributed by atoms with Crippen LogP contribution in [0.3, 0.4) is 0 Å². The average Bonchev–Trinajstić information content (AvgIpc) is 2.75. The van der Waals surface area contributed by atoms with E-state index in [1.54, 1.807) is 13.0 Å². The number of carboxylic acids is 1. The highest BCUT2D eigenvalue weighted by molar-refractivity contribution is 6.00. The van der Waals surface area contributed by atoms with Crippen LogP contribution in [0.25, 0.3) is 11.0 Å². The molecule has 0 bridgehead atoms. The number of aliphatic carboxylic acids is 1. The Kier molecular flexibility index (Phi) is 4.31. The molecule has 0 radical (unpaired) electrons. The maximum atomic E-state index is 12.3. The molecule has 0 spiro atoms. The second-order valence-electron chi connectivity index (χ2n) is 5.55. The predicted molar refractivity (Wildman–Crippen MR) is 79.3 cm³/mol. The largest absolute Gasteiger partial charge is 0.480 e. The standard InChI is InChI=1S/C16H19NO4/c1-9(2)8-12(16(19)20)17-15(18)14-10(3)11-6-4-5-7-13(11)21-14/h4-7,9,12H,8H2,1-3H3,(H,17,18)(H,19,20)/t12-/m0/s1. The molecule has 2 aromatic rings. The first kappa shape index (κ1) is 15.1. The number of rotatable bonds is 5. The topological polar surface area (TPSA) is 79.5 Å². The number of furan rings is 1. The monoisotopic (exact) mass is 289 g/mol. The van der Waals surface area contributed by atoms with E-state index in [1.807, 2.05) is 32.0 Å². The molecule has 1 aromatic heterocycles. The number of aryl methyl sites for hydroxylation is 1. The van der Waals surface area contributed by atoms with Gasteiger partial charge in [0.1, 0.15) is 11.6 Å². The van der Waals surface area contributed by atoms with E-state index in [1.165, 1.54) is 0 Å². The summed E-state index contributed by atoms with van der Waals surface area (Å²) in [6.07, 6.45) is 0.375. The SMILES string of the molecule is Cc1c(C(=O)N[C@@H](CC(C)C)C(=O)O)oc2ccccc12. The van der Waals surface area contributed by atoms with Crippen molar-refractivity contribution in [3.05, 3.63) is 35.6 Å². The number of fused-ring (bicyclic) bond motifs is 1. The molecule has 5 heteroatoms. The number of carboxylic acid groups (broad SMARTS) is 1. The van der Waals surface area contributed by atoms with Gasteiger partial charge in [-0.1, -0.05) is 32.0 Å². The van der Waals surface area contributed by atoms with Crippen LogP contribution in [-0.4, -0.2) is 23.0 Å². The molecule has 1 aromatic carbocycles. The fourth-order valence-corrected chi connectivity index (χ4v) is 2.31. The summed E-state index contributed by atoms with van der Waals surface area (Å²) in [7, 11) is 0. The molecule has 0 aliphatic carbocycles. The van der Waals surface area contributed by atoms with Crippen LogP contribution in [0.1, 0.15) is 36.4 Å². The fourth-order valence-electron chi connectivity index (χ4n) is 2.31. The van der Waals surface area contributed by atoms with E-state index < -0.39 is 17.9 Å². The molecule has 0 aliphatic heterocycles. The van der Waals surface area contributed by atoms with Gasteiger partial charge in [0, 0.05) is 10.9 Å². The van der Waals surface area contributed by atoms with E-state index in [0.717, 1.165) is 10.9 Å². The molecule has 1 atom stereocenters. The summed E-state index contributed by atoms with van der Waals surface area (Å²) in [5.41, 5.74) is 1.34. The van der Waals surface area contributed by atoms with Crippen molar-refractivity contribution in [3.8, 4) is 0 Å². The maximum Gasteiger partial charge on any atom is 0.326 e. The van der Waals surface area contributed by atoms with Crippen molar-refractivity contribution in [2.24, 2.45) is 5.92 Å². The van der Waals surface area contributed by atoms with Gasteiger partial charge >= 0.3 is 5.97 Å². The van der Waals surface area contributed by atoms with E-state index in [9.17, 15) is 14.7 Å². The Bertz CT molecular complexity index is 672. The van der Waals surface area contributed by atoms with Gasteiger partial charge in [-0.25, -0.2) is 4.79 Å². The minimum Gasteiger partial charge on any atom is -0.480 e. The van der Waals surface area contributed by atoms with E-state index in [2.05, 4.69) is 5.32 Å². The maximum absolute atomic E-state index is 12.3. The molecule has 112 valence electrons. The zero-order valence-corrected chi connectivity index (χ0v) is 12.3. The molecule has 1 amide bonds. The Labute approximate surface area is 122 Å². The van der Waals surface area contributed by atoms with Crippen molar-refractivity contribution in [2.45, 2.75) is 33.2 Å². The smallest absolute Gasteiger partial charge is 0.326 e. The number of hydrogen-bond donors (Lipinski definition) is 2. The molecule has 2 N–H and O–H groups in total. The lowest BCUT2D eigenvalue weighted by Gasteiger charge is -2.15. The normalized spacial score (nSPS) is 12.6. The van der Waals surface area contributed by atoms with Gasteiger partial charge in [-0.15, -0.1) is 0 Å². The summed E-state index contributed by atoms with van der Waals surface area (Å²) >= 11 is 0. The number of amides is 1. The Balaban J connectivity index is 2.25. The minimum absolute atomic E-state index is 0.170. The van der Waals surface area contributed by atoms with Crippen LogP contribution in [0, 0.1) is 12.8 Å². The zero-order valence-electron chi connectivity index (χ0n) is 12.3. The first-order chi connectivity index (χ1) is 9.90. The van der Waals surface area contributed by atoms with Gasteiger partial charge in [0.15, 0.2) is 5.76 Å². The Morgan fingerprint density at radius 1 is 1.29 bits per heavy atom. The molecule has 5 nitrogen and oxygen atoms in total. The zero-order chi connectivity index (χ0) is 15.6. The fraction of sp³-hybridized carbons (Fsp3) is 0.375. The summed E-state index contributed by atoms with van der Waals surface area (Å²) in [5.74, 6) is -1.18. The highest BCUT2D eigenvalue weighted by Gasteiger charge is 2.25. The highest BCUT2D eigenvalue weighted by Crippen LogP contribution is 2.24. The Hall–Kier alpha value is -2.30. The lowest BCUT2D eigenvalue weighted by Crippen LogP contribution is -2.41. The van der Waals surface area contributed by atoms with Crippen molar-refractivity contribution in [1.82, 2.24) is 5.32 Å². The van der Waals surface area contributed by atoms with Crippen LogP contribution in [-0.2, 0) is 4.79 Å². The number of carbonyl (C=O) groups excluding carboxylic acids is 1. The van der Waals surface area contributed by atoms with Gasteiger partial charge in [-0.2, -0.15) is 0 Å². The number of para-hydroxylation sites is 1. The Morgan fingerprint density at radius 3 is 2.52 bits per heavy atom. The van der Waals surface area contributed by atoms with Crippen LogP contribution >= 0.6 is 0 Å². The third-order valence-electron chi connectivity index (χ3n) is 3.36. The molecule has 21 heavy (non-hydrogen) atoms. The van der Waals surface area contributed by atoms with Crippen LogP contribution in [0.15, 0.2) is 28.7 Å². The molecular weight excluding hydrogens is 270 g/mol. The molecule has 0 saturated carbocycles. The second-order valence-corrected chi connectivity index (χ2v) is 5.55. The Morgan fingerprint density at radius 2 is 1.95 bits per heavy atom. The summed E-state index contributed by atoms with van der Waals surface area (Å²) < 4.78 is 5.54. The van der Waals surface area contributed by atoms with Gasteiger partial charge in [-0.3, -0.25) is 4.79 Å². The molecule has 0 aliphatic rings. The van der Waals surface area contributed by atoms with Crippen LogP contribution in [0.2, 0.25) is 0 Å². The van der Waals surface area contributed by atoms with E-state index in [0.29, 0.717) is 12.0 Å². The first-order valence-corrected chi connectivity index (χ1v) is 6.92. The van der Waals surface area contributed by atoms with Crippen LogP contribution in [0.4, 0.5) is 0 Å². The predicted octanol–water partition coefficient (Wildman–Crippen LogP) is 2.97. The number of hydrogen-bond acceptors (Lipinski definition) is 3. The van der Waals surface area contributed by atoms with Crippen molar-refractivity contribution >= 4 is 22.8 Å². The molecular formula is C16H19NO4. The summed E-state index contributed by atoms with van der Waals surface area (Å²) in [6.45, 7) is 5.61. The molecule has 1 heterocycles. The van der Waals surface area contributed by atoms with E-state index in [-0.39, 0.29) is 11.7 Å².